The fraction of sp³-hybridized carbons (Fsp3) is 1.00. The zero-order valence-electron chi connectivity index (χ0n) is 13.2. The maximum atomic E-state index is 6.25. The summed E-state index contributed by atoms with van der Waals surface area (Å²) in [6, 6.07) is 0. The van der Waals surface area contributed by atoms with Gasteiger partial charge in [-0.15, -0.1) is 0 Å². The molecule has 0 radical (unpaired) electrons. The molecule has 0 aliphatic carbocycles. The average Bonchev–Trinajstić information content (AvgIpc) is 2.61. The van der Waals surface area contributed by atoms with Gasteiger partial charge in [-0.3, -0.25) is 4.90 Å². The largest absolute Gasteiger partial charge is 0.375 e. The fourth-order valence-corrected chi connectivity index (χ4v) is 3.33. The van der Waals surface area contributed by atoms with Gasteiger partial charge < -0.3 is 4.74 Å². The maximum Gasteiger partial charge on any atom is 0.0710 e. The zero-order chi connectivity index (χ0) is 13.6. The Morgan fingerprint density at radius 3 is 1.94 bits per heavy atom. The smallest absolute Gasteiger partial charge is 0.0710 e. The first kappa shape index (κ1) is 14.3. The van der Waals surface area contributed by atoms with Gasteiger partial charge in [0.25, 0.3) is 0 Å². The predicted octanol–water partition coefficient (Wildman–Crippen LogP) is 3.70. The first-order valence-corrected chi connectivity index (χ1v) is 7.51. The van der Waals surface area contributed by atoms with Gasteiger partial charge in [-0.25, -0.2) is 0 Å². The lowest BCUT2D eigenvalue weighted by Crippen LogP contribution is -2.51. The van der Waals surface area contributed by atoms with Crippen molar-refractivity contribution in [3.63, 3.8) is 0 Å². The molecule has 2 saturated heterocycles. The lowest BCUT2D eigenvalue weighted by molar-refractivity contribution is -0.0593. The second-order valence-electron chi connectivity index (χ2n) is 8.42. The van der Waals surface area contributed by atoms with E-state index in [-0.39, 0.29) is 5.60 Å². The van der Waals surface area contributed by atoms with Gasteiger partial charge in [-0.1, -0.05) is 20.8 Å². The van der Waals surface area contributed by atoms with Crippen LogP contribution in [-0.2, 0) is 4.74 Å². The Balaban J connectivity index is 1.94. The lowest BCUT2D eigenvalue weighted by Gasteiger charge is -2.45. The van der Waals surface area contributed by atoms with Crippen molar-refractivity contribution >= 4 is 0 Å². The van der Waals surface area contributed by atoms with Gasteiger partial charge in [-0.2, -0.15) is 0 Å². The van der Waals surface area contributed by atoms with Crippen LogP contribution in [0.3, 0.4) is 0 Å². The molecule has 1 unspecified atom stereocenters. The number of likely N-dealkylation sites (tertiary alicyclic amines) is 1. The standard InChI is InChI=1S/C16H31NO/c1-14(2,3)13-11-16(18-12-13)7-9-17(10-8-16)15(4,5)6/h13H,7-12H2,1-6H3. The van der Waals surface area contributed by atoms with E-state index in [1.807, 2.05) is 0 Å². The number of piperidine rings is 1. The van der Waals surface area contributed by atoms with Crippen LogP contribution in [0.4, 0.5) is 0 Å². The summed E-state index contributed by atoms with van der Waals surface area (Å²) in [6.45, 7) is 17.4. The van der Waals surface area contributed by atoms with Crippen molar-refractivity contribution in [2.24, 2.45) is 11.3 Å². The Labute approximate surface area is 113 Å². The number of nitrogens with zero attached hydrogens (tertiary/aromatic N) is 1. The Hall–Kier alpha value is -0.0800. The van der Waals surface area contributed by atoms with Gasteiger partial charge in [0.05, 0.1) is 12.2 Å². The minimum atomic E-state index is 0.208. The van der Waals surface area contributed by atoms with Gasteiger partial charge in [0, 0.05) is 18.6 Å². The molecule has 0 aromatic heterocycles. The number of rotatable bonds is 0. The van der Waals surface area contributed by atoms with Crippen LogP contribution in [0.2, 0.25) is 0 Å². The first-order chi connectivity index (χ1) is 8.12. The molecule has 0 amide bonds. The van der Waals surface area contributed by atoms with E-state index in [1.165, 1.54) is 32.4 Å². The third-order valence-corrected chi connectivity index (χ3v) is 5.06. The topological polar surface area (TPSA) is 12.5 Å². The van der Waals surface area contributed by atoms with E-state index in [1.54, 1.807) is 0 Å². The summed E-state index contributed by atoms with van der Waals surface area (Å²) in [5.74, 6) is 0.735. The minimum Gasteiger partial charge on any atom is -0.375 e. The van der Waals surface area contributed by atoms with E-state index in [2.05, 4.69) is 46.4 Å². The maximum absolute atomic E-state index is 6.25. The van der Waals surface area contributed by atoms with Crippen molar-refractivity contribution in [3.8, 4) is 0 Å². The highest BCUT2D eigenvalue weighted by atomic mass is 16.5. The van der Waals surface area contributed by atoms with Crippen LogP contribution in [0.15, 0.2) is 0 Å². The van der Waals surface area contributed by atoms with Crippen LogP contribution >= 0.6 is 0 Å². The molecule has 2 heterocycles. The quantitative estimate of drug-likeness (QED) is 0.652. The molecule has 0 aromatic carbocycles. The molecule has 2 fully saturated rings. The monoisotopic (exact) mass is 253 g/mol. The molecule has 2 nitrogen and oxygen atoms in total. The van der Waals surface area contributed by atoms with Gasteiger partial charge in [0.2, 0.25) is 0 Å². The van der Waals surface area contributed by atoms with Crippen LogP contribution in [0.1, 0.15) is 60.8 Å². The Kier molecular flexibility index (Phi) is 3.57. The number of hydrogen-bond donors (Lipinski definition) is 0. The molecule has 106 valence electrons. The summed E-state index contributed by atoms with van der Waals surface area (Å²) >= 11 is 0. The van der Waals surface area contributed by atoms with Crippen LogP contribution in [0.5, 0.6) is 0 Å². The molecule has 2 heteroatoms. The molecule has 0 saturated carbocycles. The van der Waals surface area contributed by atoms with Gasteiger partial charge >= 0.3 is 0 Å². The molecule has 1 spiro atoms. The Morgan fingerprint density at radius 2 is 1.56 bits per heavy atom. The van der Waals surface area contributed by atoms with Crippen LogP contribution < -0.4 is 0 Å². The molecule has 2 aliphatic heterocycles. The van der Waals surface area contributed by atoms with Gasteiger partial charge in [0.1, 0.15) is 0 Å². The molecule has 2 aliphatic rings. The predicted molar refractivity (Wildman–Crippen MR) is 76.8 cm³/mol. The summed E-state index contributed by atoms with van der Waals surface area (Å²) in [7, 11) is 0. The molecule has 0 N–H and O–H groups in total. The highest BCUT2D eigenvalue weighted by molar-refractivity contribution is 4.97. The molecule has 1 atom stereocenters. The summed E-state index contributed by atoms with van der Waals surface area (Å²) in [6.07, 6.45) is 3.71. The second kappa shape index (κ2) is 4.49. The van der Waals surface area contributed by atoms with Gasteiger partial charge in [-0.05, 0) is 51.4 Å². The van der Waals surface area contributed by atoms with Crippen molar-refractivity contribution in [3.05, 3.63) is 0 Å². The van der Waals surface area contributed by atoms with Crippen LogP contribution in [0.25, 0.3) is 0 Å². The first-order valence-electron chi connectivity index (χ1n) is 7.51. The minimum absolute atomic E-state index is 0.208. The zero-order valence-corrected chi connectivity index (χ0v) is 13.2. The average molecular weight is 253 g/mol. The van der Waals surface area contributed by atoms with Crippen molar-refractivity contribution in [1.82, 2.24) is 4.90 Å². The van der Waals surface area contributed by atoms with E-state index in [0.29, 0.717) is 11.0 Å². The normalized spacial score (nSPS) is 30.0. The van der Waals surface area contributed by atoms with Crippen molar-refractivity contribution in [2.45, 2.75) is 71.9 Å². The lowest BCUT2D eigenvalue weighted by atomic mass is 9.74. The molecule has 0 aromatic rings. The third kappa shape index (κ3) is 2.91. The van der Waals surface area contributed by atoms with Crippen molar-refractivity contribution < 1.29 is 4.74 Å². The van der Waals surface area contributed by atoms with Crippen LogP contribution in [-0.4, -0.2) is 35.7 Å². The molecular weight excluding hydrogens is 222 g/mol. The van der Waals surface area contributed by atoms with E-state index < -0.39 is 0 Å². The van der Waals surface area contributed by atoms with E-state index in [9.17, 15) is 0 Å². The van der Waals surface area contributed by atoms with Crippen LogP contribution in [0, 0.1) is 11.3 Å². The van der Waals surface area contributed by atoms with E-state index >= 15 is 0 Å². The Morgan fingerprint density at radius 1 is 1.00 bits per heavy atom. The third-order valence-electron chi connectivity index (χ3n) is 5.06. The highest BCUT2D eigenvalue weighted by Crippen LogP contribution is 2.45. The molecule has 0 bridgehead atoms. The summed E-state index contributed by atoms with van der Waals surface area (Å²) in [5, 5.41) is 0. The molecular formula is C16H31NO. The summed E-state index contributed by atoms with van der Waals surface area (Å²) in [4.78, 5) is 2.60. The van der Waals surface area contributed by atoms with E-state index in [0.717, 1.165) is 12.5 Å². The number of ether oxygens (including phenoxy) is 1. The van der Waals surface area contributed by atoms with Crippen molar-refractivity contribution in [1.29, 1.82) is 0 Å². The SMILES string of the molecule is CC(C)(C)C1COC2(CCN(C(C)(C)C)CC2)C1. The van der Waals surface area contributed by atoms with E-state index in [4.69, 9.17) is 4.74 Å². The Bertz CT molecular complexity index is 289. The summed E-state index contributed by atoms with van der Waals surface area (Å²) in [5.41, 5.74) is 0.911. The second-order valence-corrected chi connectivity index (χ2v) is 8.42. The summed E-state index contributed by atoms with van der Waals surface area (Å²) < 4.78 is 6.25. The van der Waals surface area contributed by atoms with Gasteiger partial charge in [0.15, 0.2) is 0 Å². The highest BCUT2D eigenvalue weighted by Gasteiger charge is 2.46. The molecule has 18 heavy (non-hydrogen) atoms. The van der Waals surface area contributed by atoms with Crippen molar-refractivity contribution in [2.75, 3.05) is 19.7 Å². The number of hydrogen-bond acceptors (Lipinski definition) is 2. The fourth-order valence-electron chi connectivity index (χ4n) is 3.33. The molecule has 2 rings (SSSR count).